The summed E-state index contributed by atoms with van der Waals surface area (Å²) in [5, 5.41) is 3.87. The number of hydrogen-bond donors (Lipinski definition) is 2. The lowest BCUT2D eigenvalue weighted by Gasteiger charge is -2.19. The first kappa shape index (κ1) is 19.5. The molecule has 25 heavy (non-hydrogen) atoms. The number of fused-ring (bicyclic) bond motifs is 1. The number of rotatable bonds is 10. The second-order valence-electron chi connectivity index (χ2n) is 6.26. The average Bonchev–Trinajstić information content (AvgIpc) is 2.98. The third-order valence-electron chi connectivity index (χ3n) is 4.20. The molecule has 0 aliphatic carbocycles. The van der Waals surface area contributed by atoms with Crippen molar-refractivity contribution in [2.24, 2.45) is 0 Å². The first-order chi connectivity index (χ1) is 11.9. The van der Waals surface area contributed by atoms with Crippen LogP contribution in [0.2, 0.25) is 0 Å². The Hall–Kier alpha value is -1.86. The number of para-hydroxylation sites is 1. The van der Waals surface area contributed by atoms with Gasteiger partial charge in [-0.05, 0) is 24.5 Å². The molecule has 0 spiro atoms. The van der Waals surface area contributed by atoms with Crippen molar-refractivity contribution in [1.82, 2.24) is 14.6 Å². The van der Waals surface area contributed by atoms with Gasteiger partial charge in [0.15, 0.2) is 0 Å². The summed E-state index contributed by atoms with van der Waals surface area (Å²) in [6, 6.07) is 7.90. The molecule has 6 nitrogen and oxygen atoms in total. The summed E-state index contributed by atoms with van der Waals surface area (Å²) in [6.07, 6.45) is 6.64. The van der Waals surface area contributed by atoms with Gasteiger partial charge in [0, 0.05) is 30.2 Å². The quantitative estimate of drug-likeness (QED) is 0.634. The highest BCUT2D eigenvalue weighted by atomic mass is 32.2. The fourth-order valence-electron chi connectivity index (χ4n) is 2.76. The molecule has 0 aliphatic rings. The molecule has 0 bridgehead atoms. The van der Waals surface area contributed by atoms with Crippen LogP contribution in [-0.2, 0) is 21.2 Å². The standard InChI is InChI=1S/C18H27N3O3S/c1-3-4-7-11-19-18(22)14-21(25(2,23)24)12-10-15-13-20-17-9-6-5-8-16(15)17/h5-6,8-9,13,20H,3-4,7,10-12,14H2,1-2H3,(H,19,22). The molecule has 0 fully saturated rings. The van der Waals surface area contributed by atoms with E-state index in [9.17, 15) is 13.2 Å². The van der Waals surface area contributed by atoms with Gasteiger partial charge in [-0.2, -0.15) is 4.31 Å². The Balaban J connectivity index is 1.95. The molecule has 2 aromatic rings. The normalized spacial score (nSPS) is 12.0. The number of aromatic nitrogens is 1. The van der Waals surface area contributed by atoms with E-state index in [1.165, 1.54) is 4.31 Å². The summed E-state index contributed by atoms with van der Waals surface area (Å²) in [5.41, 5.74) is 2.07. The van der Waals surface area contributed by atoms with E-state index in [0.717, 1.165) is 42.0 Å². The summed E-state index contributed by atoms with van der Waals surface area (Å²) in [6.45, 7) is 2.83. The second-order valence-corrected chi connectivity index (χ2v) is 8.25. The number of nitrogens with one attached hydrogen (secondary N) is 2. The Morgan fingerprint density at radius 1 is 1.24 bits per heavy atom. The van der Waals surface area contributed by atoms with Crippen LogP contribution in [0.1, 0.15) is 31.7 Å². The third kappa shape index (κ3) is 5.86. The molecule has 1 aromatic heterocycles. The number of benzene rings is 1. The summed E-state index contributed by atoms with van der Waals surface area (Å²) < 4.78 is 25.2. The van der Waals surface area contributed by atoms with Gasteiger partial charge in [-0.15, -0.1) is 0 Å². The first-order valence-corrected chi connectivity index (χ1v) is 10.5. The lowest BCUT2D eigenvalue weighted by molar-refractivity contribution is -0.121. The van der Waals surface area contributed by atoms with Crippen LogP contribution < -0.4 is 5.32 Å². The average molecular weight is 365 g/mol. The van der Waals surface area contributed by atoms with Crippen LogP contribution >= 0.6 is 0 Å². The van der Waals surface area contributed by atoms with E-state index in [0.29, 0.717) is 13.0 Å². The zero-order valence-corrected chi connectivity index (χ0v) is 15.7. The number of sulfonamides is 1. The molecule has 1 heterocycles. The Morgan fingerprint density at radius 2 is 2.00 bits per heavy atom. The van der Waals surface area contributed by atoms with Gasteiger partial charge in [0.25, 0.3) is 0 Å². The van der Waals surface area contributed by atoms with Gasteiger partial charge in [-0.3, -0.25) is 4.79 Å². The highest BCUT2D eigenvalue weighted by Gasteiger charge is 2.20. The molecule has 0 radical (unpaired) electrons. The molecular formula is C18H27N3O3S. The van der Waals surface area contributed by atoms with Crippen LogP contribution in [0, 0.1) is 0 Å². The van der Waals surface area contributed by atoms with Crippen molar-refractivity contribution in [2.45, 2.75) is 32.6 Å². The number of amides is 1. The van der Waals surface area contributed by atoms with Crippen molar-refractivity contribution in [1.29, 1.82) is 0 Å². The number of nitrogens with zero attached hydrogens (tertiary/aromatic N) is 1. The molecule has 0 aliphatic heterocycles. The fraction of sp³-hybridized carbons (Fsp3) is 0.500. The maximum Gasteiger partial charge on any atom is 0.235 e. The molecular weight excluding hydrogens is 338 g/mol. The van der Waals surface area contributed by atoms with Crippen molar-refractivity contribution in [2.75, 3.05) is 25.9 Å². The first-order valence-electron chi connectivity index (χ1n) is 8.68. The van der Waals surface area contributed by atoms with E-state index in [1.54, 1.807) is 0 Å². The van der Waals surface area contributed by atoms with Crippen molar-refractivity contribution < 1.29 is 13.2 Å². The van der Waals surface area contributed by atoms with Crippen LogP contribution in [0.5, 0.6) is 0 Å². The highest BCUT2D eigenvalue weighted by molar-refractivity contribution is 7.88. The van der Waals surface area contributed by atoms with Crippen LogP contribution in [0.4, 0.5) is 0 Å². The molecule has 7 heteroatoms. The fourth-order valence-corrected chi connectivity index (χ4v) is 3.54. The summed E-state index contributed by atoms with van der Waals surface area (Å²) in [4.78, 5) is 15.2. The maximum absolute atomic E-state index is 12.0. The Labute approximate surface area is 149 Å². The third-order valence-corrected chi connectivity index (χ3v) is 5.45. The summed E-state index contributed by atoms with van der Waals surface area (Å²) in [5.74, 6) is -0.250. The molecule has 0 unspecified atom stereocenters. The minimum Gasteiger partial charge on any atom is -0.361 e. The van der Waals surface area contributed by atoms with Gasteiger partial charge in [-0.25, -0.2) is 8.42 Å². The van der Waals surface area contributed by atoms with Gasteiger partial charge >= 0.3 is 0 Å². The van der Waals surface area contributed by atoms with Gasteiger partial charge in [0.1, 0.15) is 0 Å². The zero-order valence-electron chi connectivity index (χ0n) is 14.9. The number of carbonyl (C=O) groups is 1. The zero-order chi connectivity index (χ0) is 18.3. The van der Waals surface area contributed by atoms with Crippen molar-refractivity contribution in [3.63, 3.8) is 0 Å². The molecule has 1 amide bonds. The van der Waals surface area contributed by atoms with Crippen LogP contribution in [0.25, 0.3) is 10.9 Å². The van der Waals surface area contributed by atoms with Crippen molar-refractivity contribution in [3.8, 4) is 0 Å². The SMILES string of the molecule is CCCCCNC(=O)CN(CCc1c[nH]c2ccccc12)S(C)(=O)=O. The summed E-state index contributed by atoms with van der Waals surface area (Å²) >= 11 is 0. The minimum absolute atomic E-state index is 0.132. The van der Waals surface area contributed by atoms with E-state index >= 15 is 0 Å². The van der Waals surface area contributed by atoms with Crippen LogP contribution in [0.3, 0.4) is 0 Å². The molecule has 0 atom stereocenters. The van der Waals surface area contributed by atoms with E-state index in [2.05, 4.69) is 17.2 Å². The molecule has 138 valence electrons. The Kier molecular flexibility index (Phi) is 7.01. The van der Waals surface area contributed by atoms with Gasteiger partial charge in [0.2, 0.25) is 15.9 Å². The maximum atomic E-state index is 12.0. The molecule has 0 saturated heterocycles. The Morgan fingerprint density at radius 3 is 2.72 bits per heavy atom. The lowest BCUT2D eigenvalue weighted by Crippen LogP contribution is -2.41. The smallest absolute Gasteiger partial charge is 0.235 e. The predicted molar refractivity (Wildman–Crippen MR) is 101 cm³/mol. The number of carbonyl (C=O) groups excluding carboxylic acids is 1. The molecule has 1 aromatic carbocycles. The summed E-state index contributed by atoms with van der Waals surface area (Å²) in [7, 11) is -3.44. The van der Waals surface area contributed by atoms with E-state index < -0.39 is 10.0 Å². The van der Waals surface area contributed by atoms with E-state index in [-0.39, 0.29) is 19.0 Å². The van der Waals surface area contributed by atoms with Gasteiger partial charge < -0.3 is 10.3 Å². The van der Waals surface area contributed by atoms with Crippen LogP contribution in [0.15, 0.2) is 30.5 Å². The molecule has 2 rings (SSSR count). The Bertz CT molecular complexity index is 799. The van der Waals surface area contributed by atoms with Crippen molar-refractivity contribution in [3.05, 3.63) is 36.0 Å². The highest BCUT2D eigenvalue weighted by Crippen LogP contribution is 2.18. The molecule has 2 N–H and O–H groups in total. The number of H-pyrrole nitrogens is 1. The van der Waals surface area contributed by atoms with E-state index in [4.69, 9.17) is 0 Å². The van der Waals surface area contributed by atoms with Crippen LogP contribution in [-0.4, -0.2) is 49.5 Å². The largest absolute Gasteiger partial charge is 0.361 e. The molecule has 0 saturated carbocycles. The minimum atomic E-state index is -3.44. The predicted octanol–water partition coefficient (Wildman–Crippen LogP) is 2.28. The number of unbranched alkanes of at least 4 members (excludes halogenated alkanes) is 2. The van der Waals surface area contributed by atoms with Gasteiger partial charge in [-0.1, -0.05) is 38.0 Å². The lowest BCUT2D eigenvalue weighted by atomic mass is 10.1. The monoisotopic (exact) mass is 365 g/mol. The topological polar surface area (TPSA) is 82.3 Å². The van der Waals surface area contributed by atoms with E-state index in [1.807, 2.05) is 30.5 Å². The van der Waals surface area contributed by atoms with Crippen molar-refractivity contribution >= 4 is 26.8 Å². The van der Waals surface area contributed by atoms with Gasteiger partial charge in [0.05, 0.1) is 12.8 Å². The number of hydrogen-bond acceptors (Lipinski definition) is 3. The number of aromatic amines is 1. The second kappa shape index (κ2) is 9.01.